The molecule has 0 saturated heterocycles. The lowest BCUT2D eigenvalue weighted by Gasteiger charge is -1.96. The molecule has 0 amide bonds. The average Bonchev–Trinajstić information content (AvgIpc) is 2.18. The first-order valence-corrected chi connectivity index (χ1v) is 3.90. The van der Waals surface area contributed by atoms with Crippen molar-refractivity contribution in [1.82, 2.24) is 0 Å². The first-order valence-electron chi connectivity index (χ1n) is 3.90. The standard InChI is InChI=1S/C11H9NO/c1-2-11(13)7-9-4-3-5-10(6-9)8-12/h2-6H,1,7H2. The van der Waals surface area contributed by atoms with E-state index >= 15 is 0 Å². The Morgan fingerprint density at radius 3 is 3.00 bits per heavy atom. The van der Waals surface area contributed by atoms with E-state index in [-0.39, 0.29) is 5.78 Å². The minimum absolute atomic E-state index is 0.0323. The zero-order valence-electron chi connectivity index (χ0n) is 7.16. The average molecular weight is 171 g/mol. The normalized spacial score (nSPS) is 8.85. The van der Waals surface area contributed by atoms with Crippen molar-refractivity contribution in [2.45, 2.75) is 6.42 Å². The first kappa shape index (κ1) is 9.21. The highest BCUT2D eigenvalue weighted by molar-refractivity contribution is 5.90. The Morgan fingerprint density at radius 2 is 2.38 bits per heavy atom. The van der Waals surface area contributed by atoms with Gasteiger partial charge in [0.25, 0.3) is 0 Å². The summed E-state index contributed by atoms with van der Waals surface area (Å²) in [6.45, 7) is 3.38. The third kappa shape index (κ3) is 2.57. The quantitative estimate of drug-likeness (QED) is 0.651. The number of carbonyl (C=O) groups excluding carboxylic acids is 1. The van der Waals surface area contributed by atoms with Gasteiger partial charge < -0.3 is 0 Å². The van der Waals surface area contributed by atoms with Crippen LogP contribution in [0.4, 0.5) is 0 Å². The van der Waals surface area contributed by atoms with Gasteiger partial charge in [0.05, 0.1) is 11.6 Å². The van der Waals surface area contributed by atoms with Crippen molar-refractivity contribution in [2.75, 3.05) is 0 Å². The molecule has 0 aliphatic carbocycles. The molecule has 0 fully saturated rings. The van der Waals surface area contributed by atoms with Gasteiger partial charge in [-0.3, -0.25) is 4.79 Å². The Morgan fingerprint density at radius 1 is 1.62 bits per heavy atom. The summed E-state index contributed by atoms with van der Waals surface area (Å²) in [7, 11) is 0. The highest BCUT2D eigenvalue weighted by Gasteiger charge is 1.99. The Hall–Kier alpha value is -1.88. The third-order valence-electron chi connectivity index (χ3n) is 1.66. The molecule has 0 aromatic heterocycles. The number of nitrogens with zero attached hydrogens (tertiary/aromatic N) is 1. The van der Waals surface area contributed by atoms with Crippen molar-refractivity contribution < 1.29 is 4.79 Å². The molecule has 2 nitrogen and oxygen atoms in total. The van der Waals surface area contributed by atoms with Crippen molar-refractivity contribution >= 4 is 5.78 Å². The van der Waals surface area contributed by atoms with Gasteiger partial charge in [-0.05, 0) is 23.8 Å². The summed E-state index contributed by atoms with van der Waals surface area (Å²) in [5.74, 6) is -0.0323. The number of carbonyl (C=O) groups is 1. The molecule has 1 rings (SSSR count). The van der Waals surface area contributed by atoms with Gasteiger partial charge in [0.15, 0.2) is 5.78 Å². The van der Waals surface area contributed by atoms with Crippen molar-refractivity contribution in [3.63, 3.8) is 0 Å². The number of benzene rings is 1. The van der Waals surface area contributed by atoms with E-state index in [0.717, 1.165) is 5.56 Å². The van der Waals surface area contributed by atoms with E-state index in [1.165, 1.54) is 6.08 Å². The van der Waals surface area contributed by atoms with Gasteiger partial charge in [-0.15, -0.1) is 0 Å². The van der Waals surface area contributed by atoms with Crippen LogP contribution in [-0.2, 0) is 11.2 Å². The van der Waals surface area contributed by atoms with Gasteiger partial charge in [-0.2, -0.15) is 5.26 Å². The van der Waals surface area contributed by atoms with Gasteiger partial charge in [-0.1, -0.05) is 18.7 Å². The maximum atomic E-state index is 11.0. The lowest BCUT2D eigenvalue weighted by molar-refractivity contribution is -0.114. The molecule has 0 N–H and O–H groups in total. The molecule has 0 spiro atoms. The highest BCUT2D eigenvalue weighted by atomic mass is 16.1. The zero-order valence-corrected chi connectivity index (χ0v) is 7.16. The van der Waals surface area contributed by atoms with Crippen molar-refractivity contribution in [3.05, 3.63) is 48.0 Å². The van der Waals surface area contributed by atoms with Crippen LogP contribution in [0.3, 0.4) is 0 Å². The van der Waals surface area contributed by atoms with Gasteiger partial charge in [-0.25, -0.2) is 0 Å². The highest BCUT2D eigenvalue weighted by Crippen LogP contribution is 2.05. The first-order chi connectivity index (χ1) is 6.26. The Bertz CT molecular complexity index is 374. The van der Waals surface area contributed by atoms with E-state index in [1.54, 1.807) is 18.2 Å². The van der Waals surface area contributed by atoms with Crippen LogP contribution in [0.15, 0.2) is 36.9 Å². The molecule has 0 bridgehead atoms. The molecule has 0 saturated carbocycles. The predicted molar refractivity (Wildman–Crippen MR) is 50.1 cm³/mol. The lowest BCUT2D eigenvalue weighted by Crippen LogP contribution is -1.97. The van der Waals surface area contributed by atoms with E-state index in [9.17, 15) is 4.79 Å². The number of hydrogen-bond donors (Lipinski definition) is 0. The second-order valence-electron chi connectivity index (χ2n) is 2.66. The van der Waals surface area contributed by atoms with Crippen molar-refractivity contribution in [2.24, 2.45) is 0 Å². The van der Waals surface area contributed by atoms with Crippen LogP contribution < -0.4 is 0 Å². The Kier molecular flexibility index (Phi) is 2.99. The SMILES string of the molecule is C=CC(=O)Cc1cccc(C#N)c1. The minimum Gasteiger partial charge on any atom is -0.295 e. The van der Waals surface area contributed by atoms with Crippen LogP contribution in [0.2, 0.25) is 0 Å². The maximum Gasteiger partial charge on any atom is 0.159 e. The van der Waals surface area contributed by atoms with Gasteiger partial charge in [0.1, 0.15) is 0 Å². The molecule has 13 heavy (non-hydrogen) atoms. The molecular weight excluding hydrogens is 162 g/mol. The van der Waals surface area contributed by atoms with Crippen LogP contribution >= 0.6 is 0 Å². The molecule has 0 aliphatic rings. The van der Waals surface area contributed by atoms with Gasteiger partial charge in [0, 0.05) is 6.42 Å². The molecule has 0 atom stereocenters. The van der Waals surface area contributed by atoms with Crippen LogP contribution in [0.1, 0.15) is 11.1 Å². The molecule has 0 aliphatic heterocycles. The number of hydrogen-bond acceptors (Lipinski definition) is 2. The number of nitriles is 1. The van der Waals surface area contributed by atoms with Gasteiger partial charge in [0.2, 0.25) is 0 Å². The van der Waals surface area contributed by atoms with Crippen molar-refractivity contribution in [1.29, 1.82) is 5.26 Å². The van der Waals surface area contributed by atoms with E-state index in [4.69, 9.17) is 5.26 Å². The second kappa shape index (κ2) is 4.22. The summed E-state index contributed by atoms with van der Waals surface area (Å²) >= 11 is 0. The number of ketones is 1. The monoisotopic (exact) mass is 171 g/mol. The molecule has 1 aromatic rings. The molecule has 2 heteroatoms. The van der Waals surface area contributed by atoms with Crippen LogP contribution in [0.5, 0.6) is 0 Å². The number of rotatable bonds is 3. The molecule has 1 aromatic carbocycles. The smallest absolute Gasteiger partial charge is 0.159 e. The lowest BCUT2D eigenvalue weighted by atomic mass is 10.1. The number of allylic oxidation sites excluding steroid dienone is 1. The van der Waals surface area contributed by atoms with E-state index < -0.39 is 0 Å². The summed E-state index contributed by atoms with van der Waals surface area (Å²) in [6.07, 6.45) is 1.61. The molecule has 64 valence electrons. The zero-order chi connectivity index (χ0) is 9.68. The van der Waals surface area contributed by atoms with Crippen LogP contribution in [-0.4, -0.2) is 5.78 Å². The predicted octanol–water partition coefficient (Wildman–Crippen LogP) is 1.86. The molecular formula is C11H9NO. The van der Waals surface area contributed by atoms with E-state index in [1.807, 2.05) is 12.1 Å². The maximum absolute atomic E-state index is 11.0. The second-order valence-corrected chi connectivity index (χ2v) is 2.66. The fraction of sp³-hybridized carbons (Fsp3) is 0.0909. The van der Waals surface area contributed by atoms with Crippen LogP contribution in [0, 0.1) is 11.3 Å². The summed E-state index contributed by atoms with van der Waals surface area (Å²) in [6, 6.07) is 9.03. The minimum atomic E-state index is -0.0323. The Balaban J connectivity index is 2.85. The largest absolute Gasteiger partial charge is 0.295 e. The fourth-order valence-electron chi connectivity index (χ4n) is 1.02. The molecule has 0 heterocycles. The molecule has 0 radical (unpaired) electrons. The van der Waals surface area contributed by atoms with Crippen LogP contribution in [0.25, 0.3) is 0 Å². The molecule has 0 unspecified atom stereocenters. The van der Waals surface area contributed by atoms with E-state index in [0.29, 0.717) is 12.0 Å². The van der Waals surface area contributed by atoms with E-state index in [2.05, 4.69) is 6.58 Å². The summed E-state index contributed by atoms with van der Waals surface area (Å²) in [5.41, 5.74) is 1.43. The summed E-state index contributed by atoms with van der Waals surface area (Å²) in [4.78, 5) is 11.0. The Labute approximate surface area is 77.1 Å². The third-order valence-corrected chi connectivity index (χ3v) is 1.66. The van der Waals surface area contributed by atoms with Crippen molar-refractivity contribution in [3.8, 4) is 6.07 Å². The fourth-order valence-corrected chi connectivity index (χ4v) is 1.02. The van der Waals surface area contributed by atoms with Gasteiger partial charge >= 0.3 is 0 Å². The summed E-state index contributed by atoms with van der Waals surface area (Å²) in [5, 5.41) is 8.60. The summed E-state index contributed by atoms with van der Waals surface area (Å²) < 4.78 is 0. The topological polar surface area (TPSA) is 40.9 Å².